The summed E-state index contributed by atoms with van der Waals surface area (Å²) in [6, 6.07) is 8.39. The summed E-state index contributed by atoms with van der Waals surface area (Å²) in [4.78, 5) is 0. The number of nitrogens with zero attached hydrogens (tertiary/aromatic N) is 1. The molecule has 15 heavy (non-hydrogen) atoms. The fourth-order valence-electron chi connectivity index (χ4n) is 1.69. The van der Waals surface area contributed by atoms with E-state index in [-0.39, 0.29) is 11.9 Å². The van der Waals surface area contributed by atoms with Gasteiger partial charge >= 0.3 is 0 Å². The van der Waals surface area contributed by atoms with Crippen molar-refractivity contribution >= 4 is 0 Å². The Labute approximate surface area is 89.7 Å². The van der Waals surface area contributed by atoms with Crippen molar-refractivity contribution in [2.24, 2.45) is 5.41 Å². The molecule has 0 spiro atoms. The highest BCUT2D eigenvalue weighted by molar-refractivity contribution is 5.24. The summed E-state index contributed by atoms with van der Waals surface area (Å²) in [6.07, 6.45) is 0. The van der Waals surface area contributed by atoms with Gasteiger partial charge in [-0.2, -0.15) is 5.26 Å². The molecule has 2 nitrogen and oxygen atoms in total. The second kappa shape index (κ2) is 4.41. The zero-order valence-corrected chi connectivity index (χ0v) is 9.21. The minimum Gasteiger partial charge on any atom is -0.312 e. The lowest BCUT2D eigenvalue weighted by atomic mass is 9.82. The number of nitriles is 1. The van der Waals surface area contributed by atoms with Crippen LogP contribution in [0, 0.1) is 22.6 Å². The molecule has 0 fully saturated rings. The van der Waals surface area contributed by atoms with Gasteiger partial charge in [-0.15, -0.1) is 0 Å². The highest BCUT2D eigenvalue weighted by Gasteiger charge is 2.29. The summed E-state index contributed by atoms with van der Waals surface area (Å²) in [5.74, 6) is -0.276. The van der Waals surface area contributed by atoms with Crippen LogP contribution in [0.3, 0.4) is 0 Å². The van der Waals surface area contributed by atoms with Crippen LogP contribution in [-0.4, -0.2) is 7.05 Å². The predicted molar refractivity (Wildman–Crippen MR) is 57.6 cm³/mol. The van der Waals surface area contributed by atoms with E-state index in [9.17, 15) is 4.39 Å². The molecule has 0 saturated carbocycles. The molecule has 0 aliphatic heterocycles. The Kier molecular flexibility index (Phi) is 3.43. The fraction of sp³-hybridized carbons (Fsp3) is 0.417. The average Bonchev–Trinajstić information content (AvgIpc) is 2.18. The lowest BCUT2D eigenvalue weighted by molar-refractivity contribution is 0.343. The molecule has 1 atom stereocenters. The molecule has 0 bridgehead atoms. The minimum atomic E-state index is -0.567. The topological polar surface area (TPSA) is 35.8 Å². The molecule has 3 heteroatoms. The third kappa shape index (κ3) is 2.54. The van der Waals surface area contributed by atoms with Crippen molar-refractivity contribution in [3.63, 3.8) is 0 Å². The minimum absolute atomic E-state index is 0.168. The Balaban J connectivity index is 3.09. The molecule has 0 saturated heterocycles. The molecule has 1 unspecified atom stereocenters. The summed E-state index contributed by atoms with van der Waals surface area (Å²) in [5, 5.41) is 12.1. The molecule has 0 heterocycles. The molecule has 0 aromatic heterocycles. The van der Waals surface area contributed by atoms with Gasteiger partial charge in [-0.3, -0.25) is 0 Å². The van der Waals surface area contributed by atoms with E-state index < -0.39 is 5.41 Å². The molecule has 0 aliphatic rings. The van der Waals surface area contributed by atoms with Crippen LogP contribution in [0.25, 0.3) is 0 Å². The molecular weight excluding hydrogens is 191 g/mol. The van der Waals surface area contributed by atoms with E-state index >= 15 is 0 Å². The first-order valence-corrected chi connectivity index (χ1v) is 4.85. The van der Waals surface area contributed by atoms with Crippen LogP contribution in [0.4, 0.5) is 4.39 Å². The van der Waals surface area contributed by atoms with Crippen LogP contribution in [0.2, 0.25) is 0 Å². The molecule has 1 aromatic carbocycles. The van der Waals surface area contributed by atoms with E-state index in [1.54, 1.807) is 13.1 Å². The average molecular weight is 206 g/mol. The highest BCUT2D eigenvalue weighted by atomic mass is 19.1. The first-order chi connectivity index (χ1) is 7.01. The Bertz CT molecular complexity index is 379. The maximum atomic E-state index is 13.0. The van der Waals surface area contributed by atoms with Gasteiger partial charge in [0.05, 0.1) is 17.5 Å². The van der Waals surface area contributed by atoms with Crippen molar-refractivity contribution < 1.29 is 4.39 Å². The Hall–Kier alpha value is -1.40. The Morgan fingerprint density at radius 3 is 2.60 bits per heavy atom. The van der Waals surface area contributed by atoms with E-state index in [4.69, 9.17) is 5.26 Å². The number of halogens is 1. The number of hydrogen-bond acceptors (Lipinski definition) is 2. The first-order valence-electron chi connectivity index (χ1n) is 4.85. The van der Waals surface area contributed by atoms with Crippen LogP contribution < -0.4 is 5.32 Å². The van der Waals surface area contributed by atoms with E-state index in [0.717, 1.165) is 5.56 Å². The Morgan fingerprint density at radius 2 is 2.13 bits per heavy atom. The smallest absolute Gasteiger partial charge is 0.123 e. The molecule has 0 aliphatic carbocycles. The van der Waals surface area contributed by atoms with Crippen LogP contribution in [0.15, 0.2) is 24.3 Å². The lowest BCUT2D eigenvalue weighted by Gasteiger charge is -2.28. The fourth-order valence-corrected chi connectivity index (χ4v) is 1.69. The maximum absolute atomic E-state index is 13.0. The lowest BCUT2D eigenvalue weighted by Crippen LogP contribution is -2.30. The Morgan fingerprint density at radius 1 is 1.47 bits per heavy atom. The molecule has 1 N–H and O–H groups in total. The van der Waals surface area contributed by atoms with Gasteiger partial charge in [0.25, 0.3) is 0 Å². The summed E-state index contributed by atoms with van der Waals surface area (Å²) in [6.45, 7) is 3.66. The first kappa shape index (κ1) is 11.7. The number of rotatable bonds is 3. The zero-order chi connectivity index (χ0) is 11.5. The van der Waals surface area contributed by atoms with E-state index in [0.29, 0.717) is 0 Å². The van der Waals surface area contributed by atoms with Crippen LogP contribution in [0.5, 0.6) is 0 Å². The second-order valence-electron chi connectivity index (χ2n) is 4.11. The van der Waals surface area contributed by atoms with Gasteiger partial charge in [0.1, 0.15) is 5.82 Å². The van der Waals surface area contributed by atoms with Crippen molar-refractivity contribution in [2.45, 2.75) is 19.9 Å². The molecule has 80 valence electrons. The van der Waals surface area contributed by atoms with Gasteiger partial charge in [-0.05, 0) is 38.6 Å². The standard InChI is InChI=1S/C12H15FN2/c1-12(2,8-14)11(15-3)9-5-4-6-10(13)7-9/h4-7,11,15H,1-3H3. The van der Waals surface area contributed by atoms with E-state index in [1.807, 2.05) is 19.9 Å². The van der Waals surface area contributed by atoms with Crippen molar-refractivity contribution in [3.8, 4) is 6.07 Å². The quantitative estimate of drug-likeness (QED) is 0.825. The van der Waals surface area contributed by atoms with E-state index in [1.165, 1.54) is 12.1 Å². The van der Waals surface area contributed by atoms with Crippen molar-refractivity contribution in [3.05, 3.63) is 35.6 Å². The summed E-state index contributed by atoms with van der Waals surface area (Å²) in [5.41, 5.74) is 0.228. The van der Waals surface area contributed by atoms with Crippen molar-refractivity contribution in [1.82, 2.24) is 5.32 Å². The molecule has 1 rings (SSSR count). The van der Waals surface area contributed by atoms with Crippen molar-refractivity contribution in [2.75, 3.05) is 7.05 Å². The molecular formula is C12H15FN2. The monoisotopic (exact) mass is 206 g/mol. The van der Waals surface area contributed by atoms with Crippen LogP contribution >= 0.6 is 0 Å². The van der Waals surface area contributed by atoms with Gasteiger partial charge in [0, 0.05) is 0 Å². The third-order valence-electron chi connectivity index (χ3n) is 2.48. The normalized spacial score (nSPS) is 13.3. The van der Waals surface area contributed by atoms with Crippen molar-refractivity contribution in [1.29, 1.82) is 5.26 Å². The highest BCUT2D eigenvalue weighted by Crippen LogP contribution is 2.32. The maximum Gasteiger partial charge on any atom is 0.123 e. The molecule has 0 radical (unpaired) electrons. The largest absolute Gasteiger partial charge is 0.312 e. The van der Waals surface area contributed by atoms with Crippen LogP contribution in [0.1, 0.15) is 25.5 Å². The molecule has 1 aromatic rings. The third-order valence-corrected chi connectivity index (χ3v) is 2.48. The zero-order valence-electron chi connectivity index (χ0n) is 9.21. The molecule has 0 amide bonds. The second-order valence-corrected chi connectivity index (χ2v) is 4.11. The van der Waals surface area contributed by atoms with Gasteiger partial charge in [0.15, 0.2) is 0 Å². The number of nitrogens with one attached hydrogen (secondary N) is 1. The van der Waals surface area contributed by atoms with Gasteiger partial charge in [-0.1, -0.05) is 12.1 Å². The SMILES string of the molecule is CNC(c1cccc(F)c1)C(C)(C)C#N. The summed E-state index contributed by atoms with van der Waals surface area (Å²) >= 11 is 0. The van der Waals surface area contributed by atoms with E-state index in [2.05, 4.69) is 11.4 Å². The van der Waals surface area contributed by atoms with Gasteiger partial charge < -0.3 is 5.32 Å². The number of hydrogen-bond donors (Lipinski definition) is 1. The summed E-state index contributed by atoms with van der Waals surface area (Å²) in [7, 11) is 1.77. The van der Waals surface area contributed by atoms with Crippen LogP contribution in [-0.2, 0) is 0 Å². The predicted octanol–water partition coefficient (Wildman–Crippen LogP) is 2.64. The van der Waals surface area contributed by atoms with Gasteiger partial charge in [-0.25, -0.2) is 4.39 Å². The number of benzene rings is 1. The summed E-state index contributed by atoms with van der Waals surface area (Å²) < 4.78 is 13.0. The van der Waals surface area contributed by atoms with Gasteiger partial charge in [0.2, 0.25) is 0 Å².